The molecule has 0 spiro atoms. The third-order valence-corrected chi connectivity index (χ3v) is 5.56. The van der Waals surface area contributed by atoms with Crippen LogP contribution >= 0.6 is 11.8 Å². The molecule has 0 aliphatic carbocycles. The number of hydrogen-bond donors (Lipinski definition) is 1. The number of thioether (sulfide) groups is 1. The van der Waals surface area contributed by atoms with Gasteiger partial charge in [0.25, 0.3) is 0 Å². The van der Waals surface area contributed by atoms with Gasteiger partial charge in [-0.15, -0.1) is 0 Å². The van der Waals surface area contributed by atoms with Crippen molar-refractivity contribution in [1.82, 2.24) is 0 Å². The van der Waals surface area contributed by atoms with E-state index in [9.17, 15) is 9.90 Å². The van der Waals surface area contributed by atoms with Crippen molar-refractivity contribution in [3.05, 3.63) is 66.2 Å². The molecule has 1 N–H and O–H groups in total. The monoisotopic (exact) mass is 358 g/mol. The lowest BCUT2D eigenvalue weighted by Gasteiger charge is -2.41. The van der Waals surface area contributed by atoms with Crippen molar-refractivity contribution in [1.29, 1.82) is 0 Å². The highest BCUT2D eigenvalue weighted by molar-refractivity contribution is 7.99. The molecule has 1 saturated heterocycles. The number of aliphatic hydroxyl groups excluding tert-OH is 1. The Morgan fingerprint density at radius 2 is 1.64 bits per heavy atom. The normalized spacial score (nSPS) is 29.2. The zero-order valence-electron chi connectivity index (χ0n) is 14.2. The van der Waals surface area contributed by atoms with Crippen LogP contribution in [-0.4, -0.2) is 34.8 Å². The maximum atomic E-state index is 12.3. The van der Waals surface area contributed by atoms with Gasteiger partial charge in [-0.1, -0.05) is 55.1 Å². The largest absolute Gasteiger partial charge is 0.456 e. The number of hydrogen-bond acceptors (Lipinski definition) is 5. The molecule has 0 radical (unpaired) electrons. The summed E-state index contributed by atoms with van der Waals surface area (Å²) in [6.45, 7) is 3.77. The summed E-state index contributed by atoms with van der Waals surface area (Å²) >= 11 is 1.48. The molecule has 1 aliphatic heterocycles. The molecule has 0 amide bonds. The Bertz CT molecular complexity index is 691. The van der Waals surface area contributed by atoms with Crippen LogP contribution in [-0.2, 0) is 9.47 Å². The Balaban J connectivity index is 1.67. The number of ether oxygens (including phenoxy) is 2. The van der Waals surface area contributed by atoms with E-state index < -0.39 is 18.2 Å². The van der Waals surface area contributed by atoms with Gasteiger partial charge in [0.1, 0.15) is 11.5 Å². The van der Waals surface area contributed by atoms with Crippen molar-refractivity contribution in [2.24, 2.45) is 5.92 Å². The molecule has 4 nitrogen and oxygen atoms in total. The van der Waals surface area contributed by atoms with E-state index in [0.29, 0.717) is 5.56 Å². The van der Waals surface area contributed by atoms with E-state index >= 15 is 0 Å². The fraction of sp³-hybridized carbons (Fsp3) is 0.350. The Kier molecular flexibility index (Phi) is 5.78. The highest BCUT2D eigenvalue weighted by Gasteiger charge is 2.43. The summed E-state index contributed by atoms with van der Waals surface area (Å²) in [6, 6.07) is 18.7. The maximum Gasteiger partial charge on any atom is 0.338 e. The van der Waals surface area contributed by atoms with E-state index in [4.69, 9.17) is 9.47 Å². The highest BCUT2D eigenvalue weighted by Crippen LogP contribution is 2.36. The fourth-order valence-electron chi connectivity index (χ4n) is 2.94. The van der Waals surface area contributed by atoms with Crippen molar-refractivity contribution >= 4 is 17.7 Å². The first kappa shape index (κ1) is 18.0. The molecular formula is C20H22O4S. The van der Waals surface area contributed by atoms with Crippen LogP contribution in [0.1, 0.15) is 24.2 Å². The molecule has 2 aromatic carbocycles. The molecule has 0 bridgehead atoms. The third-order valence-electron chi connectivity index (χ3n) is 4.40. The first-order chi connectivity index (χ1) is 12.1. The summed E-state index contributed by atoms with van der Waals surface area (Å²) in [5.74, 6) is -0.619. The number of carbonyl (C=O) groups is 1. The van der Waals surface area contributed by atoms with Crippen molar-refractivity contribution in [3.63, 3.8) is 0 Å². The zero-order chi connectivity index (χ0) is 17.8. The molecule has 1 aliphatic rings. The molecule has 5 atom stereocenters. The number of rotatable bonds is 4. The summed E-state index contributed by atoms with van der Waals surface area (Å²) in [6.07, 6.45) is -1.52. The molecular weight excluding hydrogens is 336 g/mol. The predicted molar refractivity (Wildman–Crippen MR) is 97.5 cm³/mol. The number of esters is 1. The van der Waals surface area contributed by atoms with Gasteiger partial charge in [-0.2, -0.15) is 0 Å². The van der Waals surface area contributed by atoms with Crippen molar-refractivity contribution in [3.8, 4) is 0 Å². The van der Waals surface area contributed by atoms with Gasteiger partial charge in [0.2, 0.25) is 0 Å². The van der Waals surface area contributed by atoms with Crippen LogP contribution in [0, 0.1) is 5.92 Å². The molecule has 25 heavy (non-hydrogen) atoms. The Morgan fingerprint density at radius 1 is 1.04 bits per heavy atom. The second-order valence-corrected chi connectivity index (χ2v) is 7.40. The molecule has 5 unspecified atom stereocenters. The second-order valence-electron chi connectivity index (χ2n) is 6.23. The average molecular weight is 358 g/mol. The van der Waals surface area contributed by atoms with Crippen LogP contribution in [0.25, 0.3) is 0 Å². The van der Waals surface area contributed by atoms with Gasteiger partial charge in [-0.25, -0.2) is 4.79 Å². The van der Waals surface area contributed by atoms with Gasteiger partial charge in [-0.05, 0) is 31.2 Å². The van der Waals surface area contributed by atoms with E-state index in [2.05, 4.69) is 0 Å². The minimum Gasteiger partial charge on any atom is -0.456 e. The lowest BCUT2D eigenvalue weighted by Crippen LogP contribution is -2.52. The summed E-state index contributed by atoms with van der Waals surface area (Å²) in [5.41, 5.74) is 0.108. The minimum absolute atomic E-state index is 0.224. The Morgan fingerprint density at radius 3 is 2.28 bits per heavy atom. The van der Waals surface area contributed by atoms with Gasteiger partial charge in [-0.3, -0.25) is 0 Å². The van der Waals surface area contributed by atoms with Gasteiger partial charge in [0.15, 0.2) is 0 Å². The fourth-order valence-corrected chi connectivity index (χ4v) is 4.14. The van der Waals surface area contributed by atoms with Crippen molar-refractivity contribution < 1.29 is 19.4 Å². The SMILES string of the molecule is CC1OC(Sc2ccccc2)C(O)C(C)C1OC(=O)c1ccccc1. The van der Waals surface area contributed by atoms with Crippen LogP contribution in [0.3, 0.4) is 0 Å². The standard InChI is InChI=1S/C20H22O4S/c1-13-17(21)20(25-16-11-7-4-8-12-16)23-14(2)18(13)24-19(22)15-9-5-3-6-10-15/h3-14,17-18,20-21H,1-2H3. The van der Waals surface area contributed by atoms with Crippen LogP contribution in [0.4, 0.5) is 0 Å². The first-order valence-electron chi connectivity index (χ1n) is 8.37. The van der Waals surface area contributed by atoms with E-state index in [1.165, 1.54) is 11.8 Å². The smallest absolute Gasteiger partial charge is 0.338 e. The van der Waals surface area contributed by atoms with E-state index in [1.807, 2.05) is 50.2 Å². The number of carbonyl (C=O) groups excluding carboxylic acids is 1. The summed E-state index contributed by atoms with van der Waals surface area (Å²) < 4.78 is 11.6. The topological polar surface area (TPSA) is 55.8 Å². The van der Waals surface area contributed by atoms with Crippen LogP contribution in [0.2, 0.25) is 0 Å². The van der Waals surface area contributed by atoms with Crippen LogP contribution < -0.4 is 0 Å². The minimum atomic E-state index is -0.727. The van der Waals surface area contributed by atoms with E-state index in [-0.39, 0.29) is 17.5 Å². The molecule has 2 aromatic rings. The summed E-state index contributed by atoms with van der Waals surface area (Å²) in [7, 11) is 0. The lowest BCUT2D eigenvalue weighted by molar-refractivity contribution is -0.162. The maximum absolute atomic E-state index is 12.3. The molecule has 1 fully saturated rings. The van der Waals surface area contributed by atoms with Gasteiger partial charge < -0.3 is 14.6 Å². The number of benzene rings is 2. The van der Waals surface area contributed by atoms with Gasteiger partial charge in [0.05, 0.1) is 17.8 Å². The highest BCUT2D eigenvalue weighted by atomic mass is 32.2. The third kappa shape index (κ3) is 4.24. The summed E-state index contributed by atoms with van der Waals surface area (Å²) in [4.78, 5) is 13.4. The molecule has 132 valence electrons. The zero-order valence-corrected chi connectivity index (χ0v) is 15.1. The number of aliphatic hydroxyl groups is 1. The molecule has 0 aromatic heterocycles. The lowest BCUT2D eigenvalue weighted by atomic mass is 9.92. The molecule has 1 heterocycles. The van der Waals surface area contributed by atoms with Crippen molar-refractivity contribution in [2.45, 2.75) is 42.5 Å². The van der Waals surface area contributed by atoms with Crippen LogP contribution in [0.5, 0.6) is 0 Å². The van der Waals surface area contributed by atoms with Crippen molar-refractivity contribution in [2.75, 3.05) is 0 Å². The first-order valence-corrected chi connectivity index (χ1v) is 9.25. The predicted octanol–water partition coefficient (Wildman–Crippen LogP) is 3.75. The van der Waals surface area contributed by atoms with Gasteiger partial charge in [0, 0.05) is 10.8 Å². The quantitative estimate of drug-likeness (QED) is 0.844. The average Bonchev–Trinajstić information content (AvgIpc) is 2.64. The summed E-state index contributed by atoms with van der Waals surface area (Å²) in [5, 5.41) is 10.6. The Hall–Kier alpha value is -1.82. The molecule has 0 saturated carbocycles. The Labute approximate surface area is 152 Å². The van der Waals surface area contributed by atoms with Crippen LogP contribution in [0.15, 0.2) is 65.6 Å². The molecule has 5 heteroatoms. The van der Waals surface area contributed by atoms with Gasteiger partial charge >= 0.3 is 5.97 Å². The second kappa shape index (κ2) is 8.04. The van der Waals surface area contributed by atoms with E-state index in [1.54, 1.807) is 24.3 Å². The van der Waals surface area contributed by atoms with E-state index in [0.717, 1.165) is 4.90 Å². The molecule has 3 rings (SSSR count).